The molecule has 4 rings (SSSR count). The highest BCUT2D eigenvalue weighted by molar-refractivity contribution is 6.02. The smallest absolute Gasteiger partial charge is 0.277 e. The predicted molar refractivity (Wildman–Crippen MR) is 114 cm³/mol. The predicted octanol–water partition coefficient (Wildman–Crippen LogP) is 3.76. The van der Waals surface area contributed by atoms with Gasteiger partial charge in [-0.2, -0.15) is 0 Å². The highest BCUT2D eigenvalue weighted by Crippen LogP contribution is 2.23. The third-order valence-corrected chi connectivity index (χ3v) is 5.29. The molecule has 1 aromatic heterocycles. The van der Waals surface area contributed by atoms with E-state index in [1.54, 1.807) is 0 Å². The number of nitrogens with one attached hydrogen (secondary N) is 2. The monoisotopic (exact) mass is 390 g/mol. The van der Waals surface area contributed by atoms with Crippen LogP contribution in [-0.4, -0.2) is 24.0 Å². The summed E-state index contributed by atoms with van der Waals surface area (Å²) in [7, 11) is 0. The van der Waals surface area contributed by atoms with E-state index in [4.69, 9.17) is 10.2 Å². The van der Waals surface area contributed by atoms with Gasteiger partial charge in [-0.1, -0.05) is 24.3 Å². The second kappa shape index (κ2) is 8.92. The van der Waals surface area contributed by atoms with Crippen LogP contribution < -0.4 is 16.4 Å². The number of hydrogen-bond acceptors (Lipinski definition) is 5. The Kier molecular flexibility index (Phi) is 5.91. The van der Waals surface area contributed by atoms with Crippen LogP contribution in [-0.2, 0) is 12.8 Å². The molecule has 150 valence electrons. The Labute approximate surface area is 170 Å². The standard InChI is InChI=1S/C23H26N4O2/c24-19-9-5-16(6-10-19)3-4-17-7-11-20(12-8-17)26-22(28)21-15-29-23(27-21)18-2-1-13-25-14-18/h5-12,15,18,25H,1-4,13-14,24H2,(H,26,28). The molecule has 2 aromatic carbocycles. The molecule has 2 heterocycles. The molecule has 1 fully saturated rings. The molecule has 0 saturated carbocycles. The molecule has 0 spiro atoms. The molecule has 1 aliphatic heterocycles. The number of benzene rings is 2. The number of carbonyl (C=O) groups is 1. The molecule has 3 aromatic rings. The fraction of sp³-hybridized carbons (Fsp3) is 0.304. The minimum atomic E-state index is -0.251. The first-order valence-electron chi connectivity index (χ1n) is 10.1. The molecule has 1 atom stereocenters. The van der Waals surface area contributed by atoms with Crippen LogP contribution in [0.2, 0.25) is 0 Å². The van der Waals surface area contributed by atoms with Gasteiger partial charge in [0.05, 0.1) is 0 Å². The van der Waals surface area contributed by atoms with Crippen molar-refractivity contribution < 1.29 is 9.21 Å². The van der Waals surface area contributed by atoms with Gasteiger partial charge in [0, 0.05) is 23.8 Å². The van der Waals surface area contributed by atoms with Crippen molar-refractivity contribution >= 4 is 17.3 Å². The van der Waals surface area contributed by atoms with Crippen molar-refractivity contribution in [2.24, 2.45) is 0 Å². The summed E-state index contributed by atoms with van der Waals surface area (Å²) < 4.78 is 5.54. The number of aromatic nitrogens is 1. The molecule has 1 saturated heterocycles. The normalized spacial score (nSPS) is 16.5. The molecule has 6 heteroatoms. The Hall–Kier alpha value is -3.12. The average Bonchev–Trinajstić information content (AvgIpc) is 3.26. The fourth-order valence-corrected chi connectivity index (χ4v) is 3.56. The van der Waals surface area contributed by atoms with Gasteiger partial charge in [-0.05, 0) is 67.6 Å². The van der Waals surface area contributed by atoms with E-state index in [0.29, 0.717) is 11.6 Å². The summed E-state index contributed by atoms with van der Waals surface area (Å²) in [5, 5.41) is 6.22. The van der Waals surface area contributed by atoms with Crippen LogP contribution in [0.3, 0.4) is 0 Å². The topological polar surface area (TPSA) is 93.2 Å². The van der Waals surface area contributed by atoms with Crippen LogP contribution in [0, 0.1) is 0 Å². The Morgan fingerprint density at radius 1 is 1.10 bits per heavy atom. The van der Waals surface area contributed by atoms with E-state index in [9.17, 15) is 4.79 Å². The number of carbonyl (C=O) groups excluding carboxylic acids is 1. The summed E-state index contributed by atoms with van der Waals surface area (Å²) in [6, 6.07) is 15.9. The molecule has 1 aliphatic rings. The number of hydrogen-bond donors (Lipinski definition) is 3. The number of rotatable bonds is 6. The Balaban J connectivity index is 1.31. The van der Waals surface area contributed by atoms with Crippen molar-refractivity contribution in [1.29, 1.82) is 0 Å². The molecular formula is C23H26N4O2. The third kappa shape index (κ3) is 5.03. The summed E-state index contributed by atoms with van der Waals surface area (Å²) in [6.07, 6.45) is 5.45. The van der Waals surface area contributed by atoms with Crippen molar-refractivity contribution in [3.63, 3.8) is 0 Å². The van der Waals surface area contributed by atoms with E-state index in [2.05, 4.69) is 27.8 Å². The summed E-state index contributed by atoms with van der Waals surface area (Å²) >= 11 is 0. The number of piperidine rings is 1. The summed E-state index contributed by atoms with van der Waals surface area (Å²) in [6.45, 7) is 1.87. The number of nitrogens with two attached hydrogens (primary N) is 1. The van der Waals surface area contributed by atoms with E-state index in [1.807, 2.05) is 36.4 Å². The Morgan fingerprint density at radius 2 is 1.79 bits per heavy atom. The highest BCUT2D eigenvalue weighted by atomic mass is 16.3. The van der Waals surface area contributed by atoms with E-state index < -0.39 is 0 Å². The SMILES string of the molecule is Nc1ccc(CCc2ccc(NC(=O)c3coc(C4CCCNC4)n3)cc2)cc1. The number of anilines is 2. The fourth-order valence-electron chi connectivity index (χ4n) is 3.56. The maximum Gasteiger partial charge on any atom is 0.277 e. The first kappa shape index (κ1) is 19.2. The zero-order valence-electron chi connectivity index (χ0n) is 16.4. The first-order valence-corrected chi connectivity index (χ1v) is 10.1. The lowest BCUT2D eigenvalue weighted by molar-refractivity contribution is 0.102. The molecule has 0 aliphatic carbocycles. The van der Waals surface area contributed by atoms with E-state index in [-0.39, 0.29) is 11.8 Å². The summed E-state index contributed by atoms with van der Waals surface area (Å²) in [5.41, 5.74) is 10.0. The number of oxazole rings is 1. The highest BCUT2D eigenvalue weighted by Gasteiger charge is 2.22. The van der Waals surface area contributed by atoms with Gasteiger partial charge in [0.1, 0.15) is 6.26 Å². The van der Waals surface area contributed by atoms with Crippen LogP contribution in [0.1, 0.15) is 46.3 Å². The van der Waals surface area contributed by atoms with Crippen LogP contribution in [0.15, 0.2) is 59.2 Å². The van der Waals surface area contributed by atoms with Gasteiger partial charge >= 0.3 is 0 Å². The number of nitrogens with zero attached hydrogens (tertiary/aromatic N) is 1. The van der Waals surface area contributed by atoms with E-state index in [1.165, 1.54) is 17.4 Å². The van der Waals surface area contributed by atoms with Gasteiger partial charge < -0.3 is 20.8 Å². The van der Waals surface area contributed by atoms with Crippen molar-refractivity contribution in [1.82, 2.24) is 10.3 Å². The van der Waals surface area contributed by atoms with Crippen LogP contribution in [0.25, 0.3) is 0 Å². The Bertz CT molecular complexity index is 942. The lowest BCUT2D eigenvalue weighted by atomic mass is 10.00. The minimum absolute atomic E-state index is 0.241. The number of amides is 1. The summed E-state index contributed by atoms with van der Waals surface area (Å²) in [5.74, 6) is 0.629. The van der Waals surface area contributed by atoms with Gasteiger partial charge in [-0.15, -0.1) is 0 Å². The van der Waals surface area contributed by atoms with Crippen molar-refractivity contribution in [3.05, 3.63) is 77.5 Å². The van der Waals surface area contributed by atoms with Crippen LogP contribution >= 0.6 is 0 Å². The van der Waals surface area contributed by atoms with Gasteiger partial charge in [-0.25, -0.2) is 4.98 Å². The molecule has 1 unspecified atom stereocenters. The van der Waals surface area contributed by atoms with E-state index >= 15 is 0 Å². The molecule has 0 radical (unpaired) electrons. The number of nitrogen functional groups attached to an aromatic ring is 1. The molecule has 6 nitrogen and oxygen atoms in total. The second-order valence-corrected chi connectivity index (χ2v) is 7.51. The summed E-state index contributed by atoms with van der Waals surface area (Å²) in [4.78, 5) is 16.9. The largest absolute Gasteiger partial charge is 0.448 e. The molecule has 0 bridgehead atoms. The van der Waals surface area contributed by atoms with Gasteiger partial charge in [0.2, 0.25) is 0 Å². The maximum absolute atomic E-state index is 12.5. The Morgan fingerprint density at radius 3 is 2.45 bits per heavy atom. The zero-order chi connectivity index (χ0) is 20.1. The molecule has 4 N–H and O–H groups in total. The average molecular weight is 390 g/mol. The lowest BCUT2D eigenvalue weighted by Crippen LogP contribution is -2.28. The third-order valence-electron chi connectivity index (χ3n) is 5.29. The number of aryl methyl sites for hydroxylation is 2. The van der Waals surface area contributed by atoms with Gasteiger partial charge in [-0.3, -0.25) is 4.79 Å². The van der Waals surface area contributed by atoms with Gasteiger partial charge in [0.15, 0.2) is 11.6 Å². The second-order valence-electron chi connectivity index (χ2n) is 7.51. The molecule has 1 amide bonds. The molecular weight excluding hydrogens is 364 g/mol. The lowest BCUT2D eigenvalue weighted by Gasteiger charge is -2.19. The van der Waals surface area contributed by atoms with Crippen LogP contribution in [0.5, 0.6) is 0 Å². The molecule has 29 heavy (non-hydrogen) atoms. The first-order chi connectivity index (χ1) is 14.2. The van der Waals surface area contributed by atoms with Crippen molar-refractivity contribution in [2.75, 3.05) is 24.1 Å². The maximum atomic E-state index is 12.5. The quantitative estimate of drug-likeness (QED) is 0.557. The van der Waals surface area contributed by atoms with Crippen molar-refractivity contribution in [3.8, 4) is 0 Å². The minimum Gasteiger partial charge on any atom is -0.448 e. The zero-order valence-corrected chi connectivity index (χ0v) is 16.4. The van der Waals surface area contributed by atoms with Crippen LogP contribution in [0.4, 0.5) is 11.4 Å². The van der Waals surface area contributed by atoms with Crippen molar-refractivity contribution in [2.45, 2.75) is 31.6 Å². The van der Waals surface area contributed by atoms with Gasteiger partial charge in [0.25, 0.3) is 5.91 Å². The van der Waals surface area contributed by atoms with E-state index in [0.717, 1.165) is 50.1 Å².